The molecule has 3 N–H and O–H groups in total. The lowest BCUT2D eigenvalue weighted by atomic mass is 9.89. The molecule has 98 valence electrons. The van der Waals surface area contributed by atoms with Crippen molar-refractivity contribution in [3.05, 3.63) is 64.7 Å². The lowest BCUT2D eigenvalue weighted by molar-refractivity contribution is 0.485. The molecule has 0 saturated heterocycles. The zero-order valence-electron chi connectivity index (χ0n) is 10.3. The number of fused-ring (bicyclic) bond motifs is 1. The Morgan fingerprint density at radius 2 is 1.89 bits per heavy atom. The van der Waals surface area contributed by atoms with Crippen molar-refractivity contribution in [2.24, 2.45) is 5.84 Å². The molecule has 0 aromatic heterocycles. The Balaban J connectivity index is 1.94. The summed E-state index contributed by atoms with van der Waals surface area (Å²) in [6, 6.07) is 16.6. The third-order valence-corrected chi connectivity index (χ3v) is 5.01. The SMILES string of the molecule is NNC(c1ccc(Cl)cc1)C1CSc2ccccc21. The fraction of sp³-hybridized carbons (Fsp3) is 0.200. The zero-order chi connectivity index (χ0) is 13.2. The van der Waals surface area contributed by atoms with Crippen LogP contribution >= 0.6 is 23.4 Å². The Morgan fingerprint density at radius 1 is 1.16 bits per heavy atom. The van der Waals surface area contributed by atoms with Gasteiger partial charge in [-0.05, 0) is 29.3 Å². The molecule has 2 atom stereocenters. The minimum atomic E-state index is 0.119. The van der Waals surface area contributed by atoms with Gasteiger partial charge in [-0.25, -0.2) is 0 Å². The predicted molar refractivity (Wildman–Crippen MR) is 81.4 cm³/mol. The summed E-state index contributed by atoms with van der Waals surface area (Å²) in [7, 11) is 0. The van der Waals surface area contributed by atoms with E-state index in [1.54, 1.807) is 0 Å². The van der Waals surface area contributed by atoms with E-state index in [2.05, 4.69) is 29.7 Å². The summed E-state index contributed by atoms with van der Waals surface area (Å²) in [5.74, 6) is 7.24. The van der Waals surface area contributed by atoms with Crippen LogP contribution in [0.15, 0.2) is 53.4 Å². The van der Waals surface area contributed by atoms with E-state index < -0.39 is 0 Å². The standard InChI is InChI=1S/C15H15ClN2S/c16-11-7-5-10(6-8-11)15(18-17)13-9-19-14-4-2-1-3-12(13)14/h1-8,13,15,18H,9,17H2. The smallest absolute Gasteiger partial charge is 0.0536 e. The molecule has 2 nitrogen and oxygen atoms in total. The molecule has 0 bridgehead atoms. The maximum absolute atomic E-state index is 5.94. The third-order valence-electron chi connectivity index (χ3n) is 3.55. The van der Waals surface area contributed by atoms with Gasteiger partial charge in [0.05, 0.1) is 6.04 Å². The summed E-state index contributed by atoms with van der Waals surface area (Å²) in [5, 5.41) is 0.751. The van der Waals surface area contributed by atoms with Crippen LogP contribution in [0.2, 0.25) is 5.02 Å². The predicted octanol–water partition coefficient (Wildman–Crippen LogP) is 3.73. The highest BCUT2D eigenvalue weighted by Gasteiger charge is 2.30. The van der Waals surface area contributed by atoms with Crippen molar-refractivity contribution >= 4 is 23.4 Å². The second-order valence-electron chi connectivity index (χ2n) is 4.65. The average molecular weight is 291 g/mol. The first-order valence-corrected chi connectivity index (χ1v) is 7.59. The molecule has 0 spiro atoms. The van der Waals surface area contributed by atoms with Gasteiger partial charge in [0.1, 0.15) is 0 Å². The summed E-state index contributed by atoms with van der Waals surface area (Å²) < 4.78 is 0. The van der Waals surface area contributed by atoms with Crippen LogP contribution in [0, 0.1) is 0 Å². The largest absolute Gasteiger partial charge is 0.271 e. The Bertz CT molecular complexity index is 571. The van der Waals surface area contributed by atoms with E-state index in [9.17, 15) is 0 Å². The van der Waals surface area contributed by atoms with Gasteiger partial charge in [-0.2, -0.15) is 0 Å². The van der Waals surface area contributed by atoms with Crippen molar-refractivity contribution in [3.8, 4) is 0 Å². The number of hydrogen-bond acceptors (Lipinski definition) is 3. The Labute approximate surface area is 122 Å². The second-order valence-corrected chi connectivity index (χ2v) is 6.15. The van der Waals surface area contributed by atoms with Gasteiger partial charge >= 0.3 is 0 Å². The number of rotatable bonds is 3. The van der Waals surface area contributed by atoms with E-state index in [0.29, 0.717) is 5.92 Å². The minimum Gasteiger partial charge on any atom is -0.271 e. The average Bonchev–Trinajstić information content (AvgIpc) is 2.86. The molecule has 0 radical (unpaired) electrons. The molecule has 0 amide bonds. The lowest BCUT2D eigenvalue weighted by Crippen LogP contribution is -2.32. The van der Waals surface area contributed by atoms with Crippen LogP contribution in [0.1, 0.15) is 23.1 Å². The Hall–Kier alpha value is -1.00. The molecule has 1 aliphatic rings. The highest BCUT2D eigenvalue weighted by molar-refractivity contribution is 7.99. The summed E-state index contributed by atoms with van der Waals surface area (Å²) in [6.07, 6.45) is 0. The normalized spacial score (nSPS) is 19.2. The summed E-state index contributed by atoms with van der Waals surface area (Å²) in [6.45, 7) is 0. The molecule has 1 heterocycles. The molecular formula is C15H15ClN2S. The molecule has 3 rings (SSSR count). The van der Waals surface area contributed by atoms with Gasteiger partial charge in [0, 0.05) is 21.6 Å². The molecular weight excluding hydrogens is 276 g/mol. The molecule has 0 fully saturated rings. The first-order valence-electron chi connectivity index (χ1n) is 6.23. The van der Waals surface area contributed by atoms with E-state index in [1.165, 1.54) is 16.0 Å². The van der Waals surface area contributed by atoms with E-state index in [-0.39, 0.29) is 6.04 Å². The fourth-order valence-corrected chi connectivity index (χ4v) is 4.00. The molecule has 1 aliphatic heterocycles. The van der Waals surface area contributed by atoms with Gasteiger partial charge in [-0.3, -0.25) is 11.3 Å². The van der Waals surface area contributed by atoms with Crippen molar-refractivity contribution in [1.29, 1.82) is 0 Å². The number of nitrogens with one attached hydrogen (secondary N) is 1. The van der Waals surface area contributed by atoms with Crippen molar-refractivity contribution < 1.29 is 0 Å². The Morgan fingerprint density at radius 3 is 2.63 bits per heavy atom. The van der Waals surface area contributed by atoms with E-state index in [0.717, 1.165) is 10.8 Å². The molecule has 19 heavy (non-hydrogen) atoms. The Kier molecular flexibility index (Phi) is 3.80. The van der Waals surface area contributed by atoms with Crippen molar-refractivity contribution in [1.82, 2.24) is 5.43 Å². The third kappa shape index (κ3) is 2.51. The van der Waals surface area contributed by atoms with Gasteiger partial charge in [-0.15, -0.1) is 11.8 Å². The maximum atomic E-state index is 5.94. The van der Waals surface area contributed by atoms with E-state index >= 15 is 0 Å². The number of thioether (sulfide) groups is 1. The zero-order valence-corrected chi connectivity index (χ0v) is 11.9. The fourth-order valence-electron chi connectivity index (χ4n) is 2.58. The van der Waals surface area contributed by atoms with Gasteiger partial charge in [-0.1, -0.05) is 41.9 Å². The lowest BCUT2D eigenvalue weighted by Gasteiger charge is -2.23. The first kappa shape index (κ1) is 13.0. The number of hydrogen-bond donors (Lipinski definition) is 2. The van der Waals surface area contributed by atoms with Crippen LogP contribution in [0.4, 0.5) is 0 Å². The number of benzene rings is 2. The number of nitrogens with two attached hydrogens (primary N) is 1. The van der Waals surface area contributed by atoms with Crippen LogP contribution in [0.3, 0.4) is 0 Å². The maximum Gasteiger partial charge on any atom is 0.0536 e. The quantitative estimate of drug-likeness (QED) is 0.668. The van der Waals surface area contributed by atoms with Gasteiger partial charge in [0.2, 0.25) is 0 Å². The van der Waals surface area contributed by atoms with Crippen LogP contribution in [-0.4, -0.2) is 5.75 Å². The van der Waals surface area contributed by atoms with E-state index in [4.69, 9.17) is 17.4 Å². The number of hydrazine groups is 1. The molecule has 0 saturated carbocycles. The van der Waals surface area contributed by atoms with Crippen molar-refractivity contribution in [2.75, 3.05) is 5.75 Å². The van der Waals surface area contributed by atoms with Crippen LogP contribution in [0.5, 0.6) is 0 Å². The van der Waals surface area contributed by atoms with Crippen molar-refractivity contribution in [3.63, 3.8) is 0 Å². The summed E-state index contributed by atoms with van der Waals surface area (Å²) in [4.78, 5) is 1.36. The monoisotopic (exact) mass is 290 g/mol. The second kappa shape index (κ2) is 5.55. The van der Waals surface area contributed by atoms with Gasteiger partial charge < -0.3 is 0 Å². The summed E-state index contributed by atoms with van der Waals surface area (Å²) in [5.41, 5.74) is 5.52. The molecule has 0 aliphatic carbocycles. The molecule has 2 aromatic carbocycles. The highest BCUT2D eigenvalue weighted by atomic mass is 35.5. The topological polar surface area (TPSA) is 38.0 Å². The molecule has 4 heteroatoms. The highest BCUT2D eigenvalue weighted by Crippen LogP contribution is 2.45. The summed E-state index contributed by atoms with van der Waals surface area (Å²) >= 11 is 7.84. The minimum absolute atomic E-state index is 0.119. The van der Waals surface area contributed by atoms with Crippen LogP contribution in [0.25, 0.3) is 0 Å². The first-order chi connectivity index (χ1) is 9.29. The molecule has 2 unspecified atom stereocenters. The van der Waals surface area contributed by atoms with Gasteiger partial charge in [0.25, 0.3) is 0 Å². The van der Waals surface area contributed by atoms with Gasteiger partial charge in [0.15, 0.2) is 0 Å². The van der Waals surface area contributed by atoms with Crippen LogP contribution in [-0.2, 0) is 0 Å². The van der Waals surface area contributed by atoms with Crippen molar-refractivity contribution in [2.45, 2.75) is 16.9 Å². The molecule has 2 aromatic rings. The number of halogens is 1. The van der Waals surface area contributed by atoms with Crippen LogP contribution < -0.4 is 11.3 Å². The van der Waals surface area contributed by atoms with E-state index in [1.807, 2.05) is 36.0 Å².